The minimum Gasteiger partial charge on any atom is -0.479 e. The van der Waals surface area contributed by atoms with Gasteiger partial charge in [0.15, 0.2) is 6.10 Å². The maximum Gasteiger partial charge on any atom is 0.409 e. The highest BCUT2D eigenvalue weighted by Gasteiger charge is 2.43. The van der Waals surface area contributed by atoms with Crippen LogP contribution in [0.1, 0.15) is 29.9 Å². The molecular formula is C23H23NO5. The third-order valence-corrected chi connectivity index (χ3v) is 6.39. The molecule has 6 nitrogen and oxygen atoms in total. The number of carbonyl (C=O) groups is 2. The van der Waals surface area contributed by atoms with Crippen molar-refractivity contribution in [1.29, 1.82) is 0 Å². The van der Waals surface area contributed by atoms with Crippen LogP contribution in [0.3, 0.4) is 0 Å². The fraction of sp³-hybridized carbons (Fsp3) is 0.391. The molecule has 3 aliphatic rings. The van der Waals surface area contributed by atoms with Gasteiger partial charge in [0.2, 0.25) is 0 Å². The van der Waals surface area contributed by atoms with Gasteiger partial charge in [-0.15, -0.1) is 0 Å². The van der Waals surface area contributed by atoms with Crippen molar-refractivity contribution < 1.29 is 24.2 Å². The first-order valence-corrected chi connectivity index (χ1v) is 10.1. The lowest BCUT2D eigenvalue weighted by Crippen LogP contribution is -2.38. The summed E-state index contributed by atoms with van der Waals surface area (Å²) >= 11 is 0. The predicted molar refractivity (Wildman–Crippen MR) is 106 cm³/mol. The average Bonchev–Trinajstić information content (AvgIpc) is 3.31. The summed E-state index contributed by atoms with van der Waals surface area (Å²) in [6, 6.07) is 16.5. The number of ether oxygens (including phenoxy) is 2. The van der Waals surface area contributed by atoms with E-state index in [0.29, 0.717) is 19.5 Å². The summed E-state index contributed by atoms with van der Waals surface area (Å²) in [5.74, 6) is -0.710. The highest BCUT2D eigenvalue weighted by molar-refractivity contribution is 5.79. The Morgan fingerprint density at radius 3 is 2.31 bits per heavy atom. The lowest BCUT2D eigenvalue weighted by molar-refractivity contribution is -0.160. The molecule has 2 aromatic rings. The van der Waals surface area contributed by atoms with Crippen LogP contribution < -0.4 is 0 Å². The van der Waals surface area contributed by atoms with Crippen LogP contribution in [-0.2, 0) is 14.3 Å². The molecule has 2 fully saturated rings. The molecule has 0 bridgehead atoms. The number of fused-ring (bicyclic) bond motifs is 4. The molecule has 6 heteroatoms. The second-order valence-electron chi connectivity index (χ2n) is 8.05. The Morgan fingerprint density at radius 2 is 1.66 bits per heavy atom. The first-order chi connectivity index (χ1) is 14.1. The average molecular weight is 393 g/mol. The van der Waals surface area contributed by atoms with Crippen molar-refractivity contribution in [1.82, 2.24) is 4.90 Å². The number of benzene rings is 2. The number of aliphatic carboxylic acids is 1. The Hall–Kier alpha value is -2.86. The molecule has 29 heavy (non-hydrogen) atoms. The Bertz CT molecular complexity index is 912. The van der Waals surface area contributed by atoms with Crippen LogP contribution in [0.25, 0.3) is 11.1 Å². The Balaban J connectivity index is 1.26. The molecule has 5 rings (SSSR count). The zero-order chi connectivity index (χ0) is 20.0. The van der Waals surface area contributed by atoms with E-state index < -0.39 is 12.1 Å². The summed E-state index contributed by atoms with van der Waals surface area (Å²) in [6.07, 6.45) is -0.0788. The Labute approximate surface area is 169 Å². The van der Waals surface area contributed by atoms with Gasteiger partial charge >= 0.3 is 12.1 Å². The van der Waals surface area contributed by atoms with Crippen molar-refractivity contribution in [2.75, 3.05) is 19.7 Å². The van der Waals surface area contributed by atoms with Gasteiger partial charge in [0.05, 0.1) is 12.6 Å². The second kappa shape index (κ2) is 7.19. The SMILES string of the molecule is O=C(O)[C@@H]1CC[C@H]2CN(C(=O)OCC3c4ccccc4-c4ccccc43)C[C@@H]2O1. The topological polar surface area (TPSA) is 76.1 Å². The lowest BCUT2D eigenvalue weighted by atomic mass is 9.94. The van der Waals surface area contributed by atoms with Gasteiger partial charge < -0.3 is 19.5 Å². The van der Waals surface area contributed by atoms with E-state index in [9.17, 15) is 9.59 Å². The van der Waals surface area contributed by atoms with Crippen molar-refractivity contribution in [2.45, 2.75) is 31.0 Å². The van der Waals surface area contributed by atoms with E-state index in [1.165, 1.54) is 22.3 Å². The van der Waals surface area contributed by atoms with Crippen molar-refractivity contribution in [2.24, 2.45) is 5.92 Å². The summed E-state index contributed by atoms with van der Waals surface area (Å²) in [5, 5.41) is 9.17. The van der Waals surface area contributed by atoms with Crippen LogP contribution in [0.2, 0.25) is 0 Å². The first-order valence-electron chi connectivity index (χ1n) is 10.1. The zero-order valence-corrected chi connectivity index (χ0v) is 16.0. The molecule has 1 aliphatic carbocycles. The predicted octanol–water partition coefficient (Wildman–Crippen LogP) is 3.50. The van der Waals surface area contributed by atoms with Crippen LogP contribution in [-0.4, -0.2) is 54.0 Å². The molecule has 2 aromatic carbocycles. The third kappa shape index (κ3) is 3.17. The number of carboxylic acid groups (broad SMARTS) is 1. The van der Waals surface area contributed by atoms with Gasteiger partial charge in [-0.05, 0) is 35.1 Å². The number of rotatable bonds is 3. The number of nitrogens with zero attached hydrogens (tertiary/aromatic N) is 1. The lowest BCUT2D eigenvalue weighted by Gasteiger charge is -2.28. The van der Waals surface area contributed by atoms with E-state index >= 15 is 0 Å². The molecule has 1 N–H and O–H groups in total. The first kappa shape index (κ1) is 18.2. The third-order valence-electron chi connectivity index (χ3n) is 6.39. The molecule has 0 radical (unpaired) electrons. The maximum absolute atomic E-state index is 12.7. The number of carbonyl (C=O) groups excluding carboxylic acids is 1. The van der Waals surface area contributed by atoms with Crippen LogP contribution in [0.5, 0.6) is 0 Å². The van der Waals surface area contributed by atoms with Gasteiger partial charge in [0.1, 0.15) is 6.61 Å². The van der Waals surface area contributed by atoms with E-state index in [0.717, 1.165) is 6.42 Å². The molecule has 2 saturated heterocycles. The molecule has 2 aliphatic heterocycles. The summed E-state index contributed by atoms with van der Waals surface area (Å²) < 4.78 is 11.4. The van der Waals surface area contributed by atoms with Gasteiger partial charge in [-0.2, -0.15) is 0 Å². The normalized spacial score (nSPS) is 25.2. The van der Waals surface area contributed by atoms with Crippen LogP contribution in [0, 0.1) is 5.92 Å². The fourth-order valence-electron chi connectivity index (χ4n) is 4.93. The van der Waals surface area contributed by atoms with Crippen molar-refractivity contribution in [3.63, 3.8) is 0 Å². The molecule has 1 amide bonds. The molecule has 0 unspecified atom stereocenters. The van der Waals surface area contributed by atoms with E-state index in [1.54, 1.807) is 4.90 Å². The quantitative estimate of drug-likeness (QED) is 0.864. The van der Waals surface area contributed by atoms with Crippen LogP contribution in [0.15, 0.2) is 48.5 Å². The number of likely N-dealkylation sites (tertiary alicyclic amines) is 1. The minimum atomic E-state index is -0.928. The second-order valence-corrected chi connectivity index (χ2v) is 8.05. The monoisotopic (exact) mass is 393 g/mol. The number of amides is 1. The smallest absolute Gasteiger partial charge is 0.409 e. The number of carboxylic acids is 1. The van der Waals surface area contributed by atoms with E-state index in [1.807, 2.05) is 24.3 Å². The molecule has 2 heterocycles. The highest BCUT2D eigenvalue weighted by atomic mass is 16.6. The van der Waals surface area contributed by atoms with Gasteiger partial charge in [-0.1, -0.05) is 48.5 Å². The van der Waals surface area contributed by atoms with Gasteiger partial charge in [0, 0.05) is 18.4 Å². The van der Waals surface area contributed by atoms with E-state index in [-0.39, 0.29) is 30.6 Å². The summed E-state index contributed by atoms with van der Waals surface area (Å²) in [5.41, 5.74) is 4.77. The van der Waals surface area contributed by atoms with Crippen molar-refractivity contribution in [3.05, 3.63) is 59.7 Å². The largest absolute Gasteiger partial charge is 0.479 e. The standard InChI is InChI=1S/C23H23NO5/c25-22(26)20-10-9-14-11-24(12-21(14)29-20)23(27)28-13-19-17-7-3-1-5-15(17)16-6-2-4-8-18(16)19/h1-8,14,19-21H,9-13H2,(H,25,26)/t14-,20-,21-/m0/s1. The fourth-order valence-corrected chi connectivity index (χ4v) is 4.93. The molecule has 0 saturated carbocycles. The Kier molecular flexibility index (Phi) is 4.51. The number of hydrogen-bond donors (Lipinski definition) is 1. The summed E-state index contributed by atoms with van der Waals surface area (Å²) in [7, 11) is 0. The number of hydrogen-bond acceptors (Lipinski definition) is 4. The maximum atomic E-state index is 12.7. The molecular weight excluding hydrogens is 370 g/mol. The van der Waals surface area contributed by atoms with Crippen LogP contribution in [0.4, 0.5) is 4.79 Å². The van der Waals surface area contributed by atoms with Crippen molar-refractivity contribution >= 4 is 12.1 Å². The van der Waals surface area contributed by atoms with Gasteiger partial charge in [0.25, 0.3) is 0 Å². The molecule has 150 valence electrons. The van der Waals surface area contributed by atoms with E-state index in [4.69, 9.17) is 14.6 Å². The van der Waals surface area contributed by atoms with Crippen LogP contribution >= 0.6 is 0 Å². The molecule has 0 spiro atoms. The summed E-state index contributed by atoms with van der Waals surface area (Å²) in [6.45, 7) is 1.25. The Morgan fingerprint density at radius 1 is 1.00 bits per heavy atom. The minimum absolute atomic E-state index is 0.0314. The summed E-state index contributed by atoms with van der Waals surface area (Å²) in [4.78, 5) is 25.6. The van der Waals surface area contributed by atoms with E-state index in [2.05, 4.69) is 24.3 Å². The van der Waals surface area contributed by atoms with Gasteiger partial charge in [-0.25, -0.2) is 9.59 Å². The molecule has 0 aromatic heterocycles. The zero-order valence-electron chi connectivity index (χ0n) is 16.0. The highest BCUT2D eigenvalue weighted by Crippen LogP contribution is 2.44. The van der Waals surface area contributed by atoms with Crippen molar-refractivity contribution in [3.8, 4) is 11.1 Å². The molecule has 3 atom stereocenters. The van der Waals surface area contributed by atoms with Gasteiger partial charge in [-0.3, -0.25) is 0 Å².